The molecule has 0 radical (unpaired) electrons. The monoisotopic (exact) mass is 253 g/mol. The molecular formula is C13H19NO4. The number of hydrogen-bond acceptors (Lipinski definition) is 5. The van der Waals surface area contributed by atoms with E-state index in [1.807, 2.05) is 6.07 Å². The predicted octanol–water partition coefficient (Wildman–Crippen LogP) is 0.805. The van der Waals surface area contributed by atoms with Gasteiger partial charge < -0.3 is 25.1 Å². The van der Waals surface area contributed by atoms with E-state index in [-0.39, 0.29) is 6.54 Å². The van der Waals surface area contributed by atoms with E-state index < -0.39 is 5.60 Å². The van der Waals surface area contributed by atoms with E-state index in [4.69, 9.17) is 19.9 Å². The second-order valence-electron chi connectivity index (χ2n) is 4.42. The van der Waals surface area contributed by atoms with E-state index in [0.29, 0.717) is 23.7 Å². The van der Waals surface area contributed by atoms with Crippen LogP contribution >= 0.6 is 0 Å². The Morgan fingerprint density at radius 1 is 1.22 bits per heavy atom. The third-order valence-corrected chi connectivity index (χ3v) is 3.52. The summed E-state index contributed by atoms with van der Waals surface area (Å²) in [7, 11) is 4.67. The maximum absolute atomic E-state index is 10.5. The number of ether oxygens (including phenoxy) is 3. The molecule has 100 valence electrons. The van der Waals surface area contributed by atoms with Gasteiger partial charge in [-0.3, -0.25) is 0 Å². The number of methoxy groups -OCH3 is 3. The Morgan fingerprint density at radius 2 is 1.89 bits per heavy atom. The van der Waals surface area contributed by atoms with Gasteiger partial charge in [0.15, 0.2) is 11.5 Å². The lowest BCUT2D eigenvalue weighted by atomic mass is 9.94. The highest BCUT2D eigenvalue weighted by molar-refractivity contribution is 5.62. The van der Waals surface area contributed by atoms with E-state index in [0.717, 1.165) is 17.5 Å². The SMILES string of the molecule is COc1cc2c(c(OC)c1OC)C(O)(CN)CC2. The molecule has 5 nitrogen and oxygen atoms in total. The summed E-state index contributed by atoms with van der Waals surface area (Å²) in [5, 5.41) is 10.5. The highest BCUT2D eigenvalue weighted by atomic mass is 16.5. The molecule has 0 spiro atoms. The fraction of sp³-hybridized carbons (Fsp3) is 0.538. The standard InChI is InChI=1S/C13H19NO4/c1-16-9-6-8-4-5-13(15,7-14)10(8)12(18-3)11(9)17-2/h6,15H,4-5,7,14H2,1-3H3. The van der Waals surface area contributed by atoms with Gasteiger partial charge in [-0.15, -0.1) is 0 Å². The number of rotatable bonds is 4. The summed E-state index contributed by atoms with van der Waals surface area (Å²) >= 11 is 0. The summed E-state index contributed by atoms with van der Waals surface area (Å²) in [6.45, 7) is 0.159. The molecule has 1 atom stereocenters. The lowest BCUT2D eigenvalue weighted by Gasteiger charge is -2.25. The average Bonchev–Trinajstić information content (AvgIpc) is 2.74. The molecule has 0 fully saturated rings. The van der Waals surface area contributed by atoms with Crippen molar-refractivity contribution in [2.45, 2.75) is 18.4 Å². The van der Waals surface area contributed by atoms with E-state index >= 15 is 0 Å². The molecule has 0 saturated heterocycles. The number of hydrogen-bond donors (Lipinski definition) is 2. The lowest BCUT2D eigenvalue weighted by Crippen LogP contribution is -2.32. The highest BCUT2D eigenvalue weighted by Gasteiger charge is 2.40. The molecule has 0 aliphatic heterocycles. The molecule has 0 amide bonds. The summed E-state index contributed by atoms with van der Waals surface area (Å²) in [6.07, 6.45) is 1.34. The topological polar surface area (TPSA) is 73.9 Å². The zero-order valence-electron chi connectivity index (χ0n) is 10.9. The van der Waals surface area contributed by atoms with Crippen molar-refractivity contribution in [2.24, 2.45) is 5.73 Å². The van der Waals surface area contributed by atoms with Crippen LogP contribution in [0.2, 0.25) is 0 Å². The first-order chi connectivity index (χ1) is 8.61. The molecule has 1 aromatic rings. The van der Waals surface area contributed by atoms with Crippen LogP contribution in [-0.2, 0) is 12.0 Å². The van der Waals surface area contributed by atoms with Gasteiger partial charge in [0.1, 0.15) is 5.60 Å². The highest BCUT2D eigenvalue weighted by Crippen LogP contribution is 2.50. The van der Waals surface area contributed by atoms with Gasteiger partial charge >= 0.3 is 0 Å². The minimum Gasteiger partial charge on any atom is -0.493 e. The Labute approximate surface area is 106 Å². The van der Waals surface area contributed by atoms with Crippen LogP contribution < -0.4 is 19.9 Å². The molecule has 18 heavy (non-hydrogen) atoms. The Morgan fingerprint density at radius 3 is 2.39 bits per heavy atom. The quantitative estimate of drug-likeness (QED) is 0.830. The minimum atomic E-state index is -1.04. The number of nitrogens with two attached hydrogens (primary N) is 1. The van der Waals surface area contributed by atoms with Crippen LogP contribution in [-0.4, -0.2) is 33.0 Å². The summed E-state index contributed by atoms with van der Waals surface area (Å²) in [5.41, 5.74) is 6.37. The van der Waals surface area contributed by atoms with Gasteiger partial charge in [-0.2, -0.15) is 0 Å². The molecule has 2 rings (SSSR count). The van der Waals surface area contributed by atoms with Crippen LogP contribution in [0.4, 0.5) is 0 Å². The van der Waals surface area contributed by atoms with Crippen molar-refractivity contribution in [3.63, 3.8) is 0 Å². The van der Waals surface area contributed by atoms with E-state index in [1.165, 1.54) is 0 Å². The molecule has 0 heterocycles. The summed E-state index contributed by atoms with van der Waals surface area (Å²) < 4.78 is 16.0. The molecule has 0 bridgehead atoms. The van der Waals surface area contributed by atoms with Crippen LogP contribution in [0.5, 0.6) is 17.2 Å². The molecule has 1 aliphatic rings. The first kappa shape index (κ1) is 13.0. The zero-order valence-corrected chi connectivity index (χ0v) is 10.9. The van der Waals surface area contributed by atoms with E-state index in [1.54, 1.807) is 21.3 Å². The molecule has 1 unspecified atom stereocenters. The number of aliphatic hydroxyl groups is 1. The summed E-state index contributed by atoms with van der Waals surface area (Å²) in [5.74, 6) is 1.61. The third kappa shape index (κ3) is 1.71. The van der Waals surface area contributed by atoms with Crippen LogP contribution in [0.1, 0.15) is 17.5 Å². The molecule has 5 heteroatoms. The van der Waals surface area contributed by atoms with Gasteiger partial charge in [0.25, 0.3) is 0 Å². The van der Waals surface area contributed by atoms with Crippen molar-refractivity contribution in [3.05, 3.63) is 17.2 Å². The normalized spacial score (nSPS) is 21.6. The molecule has 3 N–H and O–H groups in total. The largest absolute Gasteiger partial charge is 0.493 e. The lowest BCUT2D eigenvalue weighted by molar-refractivity contribution is 0.0455. The van der Waals surface area contributed by atoms with Gasteiger partial charge in [0.05, 0.1) is 21.3 Å². The smallest absolute Gasteiger partial charge is 0.203 e. The second-order valence-corrected chi connectivity index (χ2v) is 4.42. The number of aryl methyl sites for hydroxylation is 1. The van der Waals surface area contributed by atoms with Gasteiger partial charge in [0, 0.05) is 12.1 Å². The first-order valence-electron chi connectivity index (χ1n) is 5.86. The van der Waals surface area contributed by atoms with Gasteiger partial charge in [-0.25, -0.2) is 0 Å². The minimum absolute atomic E-state index is 0.159. The van der Waals surface area contributed by atoms with Crippen molar-refractivity contribution in [1.82, 2.24) is 0 Å². The van der Waals surface area contributed by atoms with Crippen LogP contribution in [0, 0.1) is 0 Å². The molecule has 0 aromatic heterocycles. The molecule has 0 saturated carbocycles. The van der Waals surface area contributed by atoms with Gasteiger partial charge in [-0.1, -0.05) is 0 Å². The van der Waals surface area contributed by atoms with E-state index in [9.17, 15) is 5.11 Å². The van der Waals surface area contributed by atoms with Crippen LogP contribution in [0.3, 0.4) is 0 Å². The Bertz CT molecular complexity index is 461. The van der Waals surface area contributed by atoms with Crippen molar-refractivity contribution >= 4 is 0 Å². The zero-order chi connectivity index (χ0) is 13.3. The fourth-order valence-electron chi connectivity index (χ4n) is 2.58. The maximum Gasteiger partial charge on any atom is 0.203 e. The number of fused-ring (bicyclic) bond motifs is 1. The Kier molecular flexibility index (Phi) is 3.36. The molecule has 1 aromatic carbocycles. The van der Waals surface area contributed by atoms with Crippen molar-refractivity contribution < 1.29 is 19.3 Å². The van der Waals surface area contributed by atoms with Gasteiger partial charge in [-0.05, 0) is 24.5 Å². The number of benzene rings is 1. The summed E-state index contributed by atoms with van der Waals surface area (Å²) in [6, 6.07) is 1.88. The first-order valence-corrected chi connectivity index (χ1v) is 5.86. The fourth-order valence-corrected chi connectivity index (χ4v) is 2.58. The predicted molar refractivity (Wildman–Crippen MR) is 67.4 cm³/mol. The van der Waals surface area contributed by atoms with Gasteiger partial charge in [0.2, 0.25) is 5.75 Å². The summed E-state index contributed by atoms with van der Waals surface area (Å²) in [4.78, 5) is 0. The Balaban J connectivity index is 2.70. The molecular weight excluding hydrogens is 234 g/mol. The van der Waals surface area contributed by atoms with Crippen LogP contribution in [0.15, 0.2) is 6.07 Å². The van der Waals surface area contributed by atoms with Crippen molar-refractivity contribution in [2.75, 3.05) is 27.9 Å². The van der Waals surface area contributed by atoms with Crippen LogP contribution in [0.25, 0.3) is 0 Å². The average molecular weight is 253 g/mol. The Hall–Kier alpha value is -1.46. The third-order valence-electron chi connectivity index (χ3n) is 3.52. The second kappa shape index (κ2) is 4.66. The molecule has 1 aliphatic carbocycles. The van der Waals surface area contributed by atoms with Crippen molar-refractivity contribution in [3.8, 4) is 17.2 Å². The van der Waals surface area contributed by atoms with E-state index in [2.05, 4.69) is 0 Å². The van der Waals surface area contributed by atoms with Crippen molar-refractivity contribution in [1.29, 1.82) is 0 Å². The maximum atomic E-state index is 10.5.